The third-order valence-corrected chi connectivity index (χ3v) is 1.51. The molecule has 0 spiro atoms. The van der Waals surface area contributed by atoms with E-state index < -0.39 is 0 Å². The Morgan fingerprint density at radius 2 is 2.25 bits per heavy atom. The van der Waals surface area contributed by atoms with Crippen LogP contribution in [0, 0.1) is 4.91 Å². The molecule has 0 rings (SSSR count). The van der Waals surface area contributed by atoms with Gasteiger partial charge in [-0.05, 0) is 13.8 Å². The molecule has 0 bridgehead atoms. The molecule has 0 aromatic carbocycles. The molecule has 0 aliphatic carbocycles. The summed E-state index contributed by atoms with van der Waals surface area (Å²) in [7, 11) is 0. The van der Waals surface area contributed by atoms with E-state index in [2.05, 4.69) is 4.58 Å². The predicted octanol–water partition coefficient (Wildman–Crippen LogP) is 1.14. The maximum Gasteiger partial charge on any atom is 0.0478 e. The number of rotatable bonds is 3. The lowest BCUT2D eigenvalue weighted by atomic mass is 10.2. The largest absolute Gasteiger partial charge is 0.329 e. The van der Waals surface area contributed by atoms with Gasteiger partial charge in [-0.15, -0.1) is 4.91 Å². The fraction of sp³-hybridized carbons (Fsp3) is 1.00. The van der Waals surface area contributed by atoms with Crippen molar-refractivity contribution in [3.8, 4) is 0 Å². The summed E-state index contributed by atoms with van der Waals surface area (Å²) in [6.07, 6.45) is 0. The van der Waals surface area contributed by atoms with Crippen molar-refractivity contribution in [1.29, 1.82) is 0 Å². The fourth-order valence-corrected chi connectivity index (χ4v) is 0.414. The Kier molecular flexibility index (Phi) is 3.01. The molecule has 48 valence electrons. The van der Waals surface area contributed by atoms with E-state index in [1.54, 1.807) is 0 Å². The summed E-state index contributed by atoms with van der Waals surface area (Å²) in [5.74, 6) is 0. The van der Waals surface area contributed by atoms with Crippen LogP contribution < -0.4 is 5.73 Å². The molecule has 0 radical (unpaired) electrons. The van der Waals surface area contributed by atoms with Gasteiger partial charge >= 0.3 is 0 Å². The van der Waals surface area contributed by atoms with E-state index >= 15 is 0 Å². The Bertz CT molecular complexity index is 84.1. The molecule has 0 fully saturated rings. The minimum atomic E-state index is -0.193. The number of nitrogens with zero attached hydrogens (tertiary/aromatic N) is 1. The fourth-order valence-electron chi connectivity index (χ4n) is 0.138. The number of hydrogen-bond donors (Lipinski definition) is 1. The number of hydrogen-bond acceptors (Lipinski definition) is 4. The van der Waals surface area contributed by atoms with Crippen LogP contribution >= 0.6 is 11.9 Å². The zero-order chi connectivity index (χ0) is 6.62. The van der Waals surface area contributed by atoms with E-state index in [9.17, 15) is 4.91 Å². The Balaban J connectivity index is 3.53. The highest BCUT2D eigenvalue weighted by molar-refractivity contribution is 7.99. The molecule has 4 heteroatoms. The second kappa shape index (κ2) is 3.04. The molecule has 0 aliphatic rings. The van der Waals surface area contributed by atoms with Crippen LogP contribution in [-0.2, 0) is 0 Å². The van der Waals surface area contributed by atoms with Gasteiger partial charge in [-0.2, -0.15) is 0 Å². The van der Waals surface area contributed by atoms with Crippen LogP contribution in [0.4, 0.5) is 0 Å². The minimum absolute atomic E-state index is 0.193. The monoisotopic (exact) mass is 134 g/mol. The maximum atomic E-state index is 9.64. The predicted molar refractivity (Wildman–Crippen MR) is 36.5 cm³/mol. The molecule has 0 heterocycles. The summed E-state index contributed by atoms with van der Waals surface area (Å²) in [6, 6.07) is 0. The molecular formula is C4H10N2OS. The molecular weight excluding hydrogens is 124 g/mol. The number of nitrogens with two attached hydrogens (primary N) is 1. The van der Waals surface area contributed by atoms with Gasteiger partial charge in [0.2, 0.25) is 0 Å². The second-order valence-electron chi connectivity index (χ2n) is 2.13. The van der Waals surface area contributed by atoms with Crippen molar-refractivity contribution in [2.24, 2.45) is 10.3 Å². The average molecular weight is 134 g/mol. The normalized spacial score (nSPS) is 11.4. The van der Waals surface area contributed by atoms with E-state index in [1.807, 2.05) is 13.8 Å². The van der Waals surface area contributed by atoms with Gasteiger partial charge in [-0.3, -0.25) is 0 Å². The van der Waals surface area contributed by atoms with E-state index in [-0.39, 0.29) is 4.75 Å². The van der Waals surface area contributed by atoms with E-state index in [0.717, 1.165) is 11.9 Å². The minimum Gasteiger partial charge on any atom is -0.329 e. The van der Waals surface area contributed by atoms with Gasteiger partial charge in [-0.1, -0.05) is 0 Å². The zero-order valence-electron chi connectivity index (χ0n) is 5.05. The molecule has 0 aliphatic heterocycles. The van der Waals surface area contributed by atoms with Crippen molar-refractivity contribution in [2.45, 2.75) is 18.6 Å². The average Bonchev–Trinajstić information content (AvgIpc) is 1.67. The lowest BCUT2D eigenvalue weighted by molar-refractivity contribution is 0.724. The van der Waals surface area contributed by atoms with Crippen LogP contribution in [0.1, 0.15) is 13.8 Å². The van der Waals surface area contributed by atoms with Crippen molar-refractivity contribution in [2.75, 3.05) is 6.54 Å². The Morgan fingerprint density at radius 3 is 2.38 bits per heavy atom. The summed E-state index contributed by atoms with van der Waals surface area (Å²) in [5, 5.41) is 0. The third kappa shape index (κ3) is 2.98. The molecule has 0 saturated heterocycles. The topological polar surface area (TPSA) is 55.4 Å². The molecule has 0 atom stereocenters. The van der Waals surface area contributed by atoms with Crippen LogP contribution in [-0.4, -0.2) is 11.3 Å². The summed E-state index contributed by atoms with van der Waals surface area (Å²) >= 11 is 0.978. The Labute approximate surface area is 53.1 Å². The van der Waals surface area contributed by atoms with Crippen molar-refractivity contribution in [1.82, 2.24) is 0 Å². The van der Waals surface area contributed by atoms with Gasteiger partial charge in [0.05, 0.1) is 0 Å². The molecule has 2 N–H and O–H groups in total. The van der Waals surface area contributed by atoms with Crippen molar-refractivity contribution in [3.05, 3.63) is 4.91 Å². The lowest BCUT2D eigenvalue weighted by Crippen LogP contribution is -2.25. The molecule has 3 nitrogen and oxygen atoms in total. The molecule has 8 heavy (non-hydrogen) atoms. The van der Waals surface area contributed by atoms with Crippen LogP contribution in [0.3, 0.4) is 0 Å². The maximum absolute atomic E-state index is 9.64. The van der Waals surface area contributed by atoms with Gasteiger partial charge in [0.15, 0.2) is 0 Å². The lowest BCUT2D eigenvalue weighted by Gasteiger charge is -2.14. The Hall–Kier alpha value is -0.0900. The first kappa shape index (κ1) is 7.91. The van der Waals surface area contributed by atoms with Gasteiger partial charge in [-0.25, -0.2) is 0 Å². The molecule has 0 aromatic heterocycles. The van der Waals surface area contributed by atoms with Crippen LogP contribution in [0.5, 0.6) is 0 Å². The van der Waals surface area contributed by atoms with Gasteiger partial charge < -0.3 is 5.73 Å². The van der Waals surface area contributed by atoms with Crippen molar-refractivity contribution in [3.63, 3.8) is 0 Å². The van der Waals surface area contributed by atoms with Gasteiger partial charge in [0.1, 0.15) is 0 Å². The highest BCUT2D eigenvalue weighted by Gasteiger charge is 2.16. The summed E-state index contributed by atoms with van der Waals surface area (Å²) < 4.78 is 2.47. The summed E-state index contributed by atoms with van der Waals surface area (Å²) in [6.45, 7) is 4.22. The summed E-state index contributed by atoms with van der Waals surface area (Å²) in [5.41, 5.74) is 5.27. The van der Waals surface area contributed by atoms with Crippen molar-refractivity contribution < 1.29 is 0 Å². The van der Waals surface area contributed by atoms with Crippen molar-refractivity contribution >= 4 is 11.9 Å². The smallest absolute Gasteiger partial charge is 0.0478 e. The molecule has 0 amide bonds. The quantitative estimate of drug-likeness (QED) is 0.465. The zero-order valence-corrected chi connectivity index (χ0v) is 5.86. The SMILES string of the molecule is CC(C)(CN)SN=O. The van der Waals surface area contributed by atoms with E-state index in [4.69, 9.17) is 5.73 Å². The summed E-state index contributed by atoms with van der Waals surface area (Å²) in [4.78, 5) is 9.64. The van der Waals surface area contributed by atoms with Crippen LogP contribution in [0.2, 0.25) is 0 Å². The third-order valence-electron chi connectivity index (χ3n) is 0.776. The van der Waals surface area contributed by atoms with Gasteiger partial charge in [0, 0.05) is 27.8 Å². The van der Waals surface area contributed by atoms with E-state index in [0.29, 0.717) is 6.54 Å². The first-order valence-electron chi connectivity index (χ1n) is 2.33. The molecule has 0 saturated carbocycles. The standard InChI is InChI=1S/C4H10N2OS/c1-4(2,3-5)8-6-7/h3,5H2,1-2H3. The second-order valence-corrected chi connectivity index (χ2v) is 3.57. The van der Waals surface area contributed by atoms with E-state index in [1.165, 1.54) is 0 Å². The molecule has 0 unspecified atom stereocenters. The highest BCUT2D eigenvalue weighted by Crippen LogP contribution is 2.22. The first-order chi connectivity index (χ1) is 3.62. The number of nitroso groups, excluding NO2 is 1. The van der Waals surface area contributed by atoms with Crippen LogP contribution in [0.15, 0.2) is 4.58 Å². The Morgan fingerprint density at radius 1 is 1.75 bits per heavy atom. The first-order valence-corrected chi connectivity index (χ1v) is 3.10. The van der Waals surface area contributed by atoms with Gasteiger partial charge in [0.25, 0.3) is 0 Å². The van der Waals surface area contributed by atoms with Crippen LogP contribution in [0.25, 0.3) is 0 Å². The molecule has 0 aromatic rings. The highest BCUT2D eigenvalue weighted by atomic mass is 32.2.